The van der Waals surface area contributed by atoms with Crippen LogP contribution in [0.4, 0.5) is 52.0 Å². The summed E-state index contributed by atoms with van der Waals surface area (Å²) in [6.45, 7) is 7.05. The molecule has 12 amide bonds. The Morgan fingerprint density at radius 3 is 1.57 bits per heavy atom. The number of aromatic hydroxyl groups is 1. The van der Waals surface area contributed by atoms with E-state index in [0.717, 1.165) is 0 Å². The lowest BCUT2D eigenvalue weighted by molar-refractivity contribution is -0.128. The number of aromatic nitrogens is 3. The van der Waals surface area contributed by atoms with Gasteiger partial charge in [0.2, 0.25) is 76.9 Å². The summed E-state index contributed by atoms with van der Waals surface area (Å²) in [6.07, 6.45) is 2.46. The van der Waals surface area contributed by atoms with Gasteiger partial charge >= 0.3 is 5.97 Å². The summed E-state index contributed by atoms with van der Waals surface area (Å²) in [6, 6.07) is 25.7. The van der Waals surface area contributed by atoms with E-state index in [1.54, 1.807) is 38.1 Å². The molecule has 6 aliphatic rings. The van der Waals surface area contributed by atoms with Crippen molar-refractivity contribution in [3.8, 4) is 33.9 Å². The quantitative estimate of drug-likeness (QED) is 0.0134. The number of amides is 12. The Morgan fingerprint density at radius 1 is 0.529 bits per heavy atom. The first-order chi connectivity index (χ1) is 65.1. The van der Waals surface area contributed by atoms with Crippen molar-refractivity contribution in [1.82, 2.24) is 57.5 Å². The maximum atomic E-state index is 14.6. The van der Waals surface area contributed by atoms with E-state index in [0.29, 0.717) is 40.5 Å². The summed E-state index contributed by atoms with van der Waals surface area (Å²) in [4.78, 5) is 211. The predicted octanol–water partition coefficient (Wildman–Crippen LogP) is 4.92. The molecular weight excluding hydrogens is 1760 g/mol. The second-order valence-corrected chi connectivity index (χ2v) is 33.6. The van der Waals surface area contributed by atoms with Gasteiger partial charge in [0.05, 0.1) is 29.8 Å². The van der Waals surface area contributed by atoms with Crippen molar-refractivity contribution in [1.29, 1.82) is 10.8 Å². The van der Waals surface area contributed by atoms with E-state index in [4.69, 9.17) is 57.9 Å². The van der Waals surface area contributed by atoms with Crippen LogP contribution in [-0.2, 0) is 51.5 Å². The minimum atomic E-state index is -1.33. The van der Waals surface area contributed by atoms with Crippen LogP contribution in [0.3, 0.4) is 0 Å². The van der Waals surface area contributed by atoms with Crippen molar-refractivity contribution in [2.24, 2.45) is 46.6 Å². The van der Waals surface area contributed by atoms with E-state index >= 15 is 0 Å². The number of anilines is 9. The number of phenols is 1. The van der Waals surface area contributed by atoms with Crippen molar-refractivity contribution in [3.63, 3.8) is 0 Å². The number of aromatic carboxylic acids is 1. The number of carboxylic acids is 1. The fourth-order valence-corrected chi connectivity index (χ4v) is 16.3. The summed E-state index contributed by atoms with van der Waals surface area (Å²) in [5.74, 6) is -11.8. The number of nitrogens with one attached hydrogen (secondary N) is 16. The van der Waals surface area contributed by atoms with Crippen molar-refractivity contribution < 1.29 is 81.7 Å². The molecule has 13 rings (SSSR count). The van der Waals surface area contributed by atoms with Gasteiger partial charge in [-0.25, -0.2) is 4.79 Å². The van der Waals surface area contributed by atoms with Gasteiger partial charge in [0, 0.05) is 137 Å². The van der Waals surface area contributed by atoms with Crippen molar-refractivity contribution in [2.45, 2.75) is 129 Å². The number of primary amides is 2. The van der Waals surface area contributed by atoms with E-state index in [-0.39, 0.29) is 229 Å². The number of nitrogens with two attached hydrogens (primary N) is 4. The summed E-state index contributed by atoms with van der Waals surface area (Å²) < 4.78 is 12.3. The SMILES string of the molecule is CC[C@H](C)[C@@H]1NC(=O)c2cc(NC(=O)CNC(=O)C3CCN(c4nc(Nc5ccc(-c6c7ccc(=O)cc-7oc7cc(O)ccc67)c(C(=O)O)c5)nc(N5CCC(C(=O)NCC(=O)Nc6ccc7c(c6)C(=O)N[C@@H]([C@@H](C)CC)C(=O)N[C@@H](CCCNC(=N)N)C(=O)Nc6cc(C(N)=O)ccc6CO7)CC5)n4)CC3)ccc2NCc2ccc(C(N)=O)cc2NC(=O)[C@H](CCCNC(=N)N)NC1=O. The van der Waals surface area contributed by atoms with Crippen LogP contribution < -0.4 is 117 Å². The summed E-state index contributed by atoms with van der Waals surface area (Å²) >= 11 is 0. The zero-order valence-electron chi connectivity index (χ0n) is 74.9. The Bertz CT molecular complexity index is 5940. The number of phenolic OH excluding ortho intramolecular Hbond substituents is 1. The lowest BCUT2D eigenvalue weighted by atomic mass is 9.90. The Balaban J connectivity index is 0.694. The molecule has 2 saturated heterocycles. The first-order valence-corrected chi connectivity index (χ1v) is 44.4. The third-order valence-corrected chi connectivity index (χ3v) is 24.2. The smallest absolute Gasteiger partial charge is 0.336 e. The zero-order chi connectivity index (χ0) is 97.3. The Kier molecular flexibility index (Phi) is 31.2. The molecule has 0 unspecified atom stereocenters. The van der Waals surface area contributed by atoms with Crippen molar-refractivity contribution >= 4 is 152 Å². The molecule has 26 N–H and O–H groups in total. The fraction of sp³-hybridized carbons (Fsp3) is 0.344. The minimum Gasteiger partial charge on any atom is -0.508 e. The molecule has 0 saturated carbocycles. The summed E-state index contributed by atoms with van der Waals surface area (Å²) in [7, 11) is 0. The average molecular weight is 1860 g/mol. The molecule has 1 aromatic heterocycles. The predicted molar refractivity (Wildman–Crippen MR) is 505 cm³/mol. The molecular formula is C93H107N25O18. The Morgan fingerprint density at radius 2 is 1.04 bits per heavy atom. The molecule has 1 aliphatic carbocycles. The van der Waals surface area contributed by atoms with Crippen molar-refractivity contribution in [3.05, 3.63) is 177 Å². The van der Waals surface area contributed by atoms with Crippen LogP contribution in [0, 0.1) is 34.5 Å². The van der Waals surface area contributed by atoms with Crippen LogP contribution in [0.1, 0.15) is 155 Å². The minimum absolute atomic E-state index is 0.00480. The largest absolute Gasteiger partial charge is 0.508 e. The number of fused-ring (bicyclic) bond motifs is 6. The number of ether oxygens (including phenoxy) is 1. The molecule has 0 bridgehead atoms. The molecule has 43 nitrogen and oxygen atoms in total. The number of guanidine groups is 2. The fourth-order valence-electron chi connectivity index (χ4n) is 16.3. The van der Waals surface area contributed by atoms with Crippen molar-refractivity contribution in [2.75, 3.05) is 94.1 Å². The van der Waals surface area contributed by atoms with Crippen LogP contribution in [-0.4, -0.2) is 190 Å². The number of carbonyl (C=O) groups excluding carboxylic acids is 12. The standard InChI is InChI=1S/C93H107N25O18/c1-5-46(3)76-86(131)108-66(9-7-29-100-89(96)97)84(129)110-68-35-50(78(94)123)11-13-52(68)42-102-65-23-16-54(38-63(65)82(127)112-76)105-73(121)43-103-80(125)48-25-31-117(32-26-48)92-114-91(107-56-15-20-59(62(37-56)88(133)134)75-60-21-18-57(119)40-71(60)136-72-41-58(120)19-22-61(72)75)115-93(116-92)118-33-27-49(28-34-118)81(126)104-44-74(122)106-55-17-24-70-64(39-55)83(128)113-77(47(4)6-2)87(132)109-67(10-8-30-101-90(98)99)85(130)111-69-36-51(79(95)124)12-14-53(69)45-135-70/h11-24,35-41,46-49,66-67,76-77,102,119H,5-10,25-34,42-45H2,1-4H3,(H2,94,123)(H2,95,124)(H,103,125)(H,104,126)(H,105,121)(H,106,122)(H,108,131)(H,109,132)(H,110,129)(H,111,130)(H,112,127)(H,113,128)(H,133,134)(H4,96,97,100)(H4,98,99,101)(H,107,114,115,116)/t46-,47-,66-,67-,76-,77-/m0/s1. The zero-order valence-corrected chi connectivity index (χ0v) is 74.9. The number of hydrogen-bond acceptors (Lipinski definition) is 26. The Hall–Kier alpha value is -16.5. The first kappa shape index (κ1) is 97.0. The number of benzene rings is 7. The van der Waals surface area contributed by atoms with E-state index < -0.39 is 138 Å². The number of carbonyl (C=O) groups is 13. The number of carboxylic acid groups (broad SMARTS) is 1. The van der Waals surface area contributed by atoms with Crippen LogP contribution in [0.2, 0.25) is 0 Å². The molecule has 6 aromatic carbocycles. The lowest BCUT2D eigenvalue weighted by Crippen LogP contribution is -2.55. The van der Waals surface area contributed by atoms with Gasteiger partial charge in [-0.2, -0.15) is 15.0 Å². The molecule has 43 heteroatoms. The molecule has 5 aliphatic heterocycles. The van der Waals surface area contributed by atoms with Gasteiger partial charge in [0.25, 0.3) is 11.8 Å². The van der Waals surface area contributed by atoms with Crippen LogP contribution in [0.15, 0.2) is 137 Å². The number of rotatable bonds is 28. The van der Waals surface area contributed by atoms with Crippen LogP contribution in [0.5, 0.6) is 11.5 Å². The lowest BCUT2D eigenvalue weighted by Gasteiger charge is -2.34. The molecule has 6 atom stereocenters. The Labute approximate surface area is 778 Å². The molecule has 712 valence electrons. The van der Waals surface area contributed by atoms with Crippen LogP contribution >= 0.6 is 0 Å². The highest BCUT2D eigenvalue weighted by molar-refractivity contribution is 6.10. The molecule has 6 heterocycles. The van der Waals surface area contributed by atoms with Gasteiger partial charge in [0.15, 0.2) is 17.3 Å². The third-order valence-electron chi connectivity index (χ3n) is 24.2. The van der Waals surface area contributed by atoms with Gasteiger partial charge in [-0.05, 0) is 171 Å². The topological polar surface area (TPSA) is 667 Å². The summed E-state index contributed by atoms with van der Waals surface area (Å²) in [5, 5.41) is 76.6. The van der Waals surface area contributed by atoms with Gasteiger partial charge < -0.3 is 127 Å². The first-order valence-electron chi connectivity index (χ1n) is 44.4. The average Bonchev–Trinajstić information content (AvgIpc) is 0.744. The molecule has 0 radical (unpaired) electrons. The number of hydrogen-bond donors (Lipinski definition) is 22. The van der Waals surface area contributed by atoms with E-state index in [1.165, 1.54) is 103 Å². The highest BCUT2D eigenvalue weighted by Gasteiger charge is 2.37. The highest BCUT2D eigenvalue weighted by atomic mass is 16.5. The highest BCUT2D eigenvalue weighted by Crippen LogP contribution is 2.43. The molecule has 0 spiro atoms. The van der Waals surface area contributed by atoms with E-state index in [9.17, 15) is 77.3 Å². The second kappa shape index (κ2) is 43.7. The van der Waals surface area contributed by atoms with Gasteiger partial charge in [-0.15, -0.1) is 0 Å². The maximum Gasteiger partial charge on any atom is 0.336 e. The third kappa shape index (κ3) is 24.2. The van der Waals surface area contributed by atoms with Gasteiger partial charge in [-0.3, -0.25) is 73.1 Å². The summed E-state index contributed by atoms with van der Waals surface area (Å²) in [5.41, 5.74) is 24.9. The molecule has 7 aromatic rings. The van der Waals surface area contributed by atoms with Gasteiger partial charge in [0.1, 0.15) is 53.6 Å². The number of piperidine rings is 2. The van der Waals surface area contributed by atoms with E-state index in [1.807, 2.05) is 23.6 Å². The normalized spacial score (nSPS) is 17.3. The number of nitrogens with zero attached hydrogens (tertiary/aromatic N) is 5. The monoisotopic (exact) mass is 1860 g/mol. The van der Waals surface area contributed by atoms with E-state index in [2.05, 4.69) is 74.4 Å². The molecule has 136 heavy (non-hydrogen) atoms. The molecule has 2 fully saturated rings. The maximum absolute atomic E-state index is 14.6. The van der Waals surface area contributed by atoms with Gasteiger partial charge in [-0.1, -0.05) is 58.7 Å². The van der Waals surface area contributed by atoms with Crippen LogP contribution in [0.25, 0.3) is 33.4 Å². The second-order valence-electron chi connectivity index (χ2n) is 33.6.